The summed E-state index contributed by atoms with van der Waals surface area (Å²) in [7, 11) is 0. The van der Waals surface area contributed by atoms with Crippen LogP contribution in [0, 0.1) is 11.8 Å². The van der Waals surface area contributed by atoms with Crippen LogP contribution in [0.5, 0.6) is 0 Å². The van der Waals surface area contributed by atoms with E-state index in [-0.39, 0.29) is 19.3 Å². The van der Waals surface area contributed by atoms with Crippen LogP contribution in [0.3, 0.4) is 0 Å². The van der Waals surface area contributed by atoms with Crippen LogP contribution in [0.1, 0.15) is 32.1 Å². The highest BCUT2D eigenvalue weighted by Crippen LogP contribution is 2.42. The Morgan fingerprint density at radius 2 is 1.35 bits per heavy atom. The SMILES string of the molecule is OC1CCC(C2CCCC(F)C2F)C(F)C1F. The van der Waals surface area contributed by atoms with E-state index in [2.05, 4.69) is 0 Å². The summed E-state index contributed by atoms with van der Waals surface area (Å²) < 4.78 is 54.1. The molecule has 0 aromatic rings. The molecule has 0 spiro atoms. The van der Waals surface area contributed by atoms with Crippen molar-refractivity contribution >= 4 is 0 Å². The van der Waals surface area contributed by atoms with Crippen molar-refractivity contribution in [2.75, 3.05) is 0 Å². The Labute approximate surface area is 98.2 Å². The maximum absolute atomic E-state index is 13.8. The van der Waals surface area contributed by atoms with Gasteiger partial charge in [0.2, 0.25) is 0 Å². The zero-order valence-electron chi connectivity index (χ0n) is 9.54. The molecule has 2 rings (SSSR count). The van der Waals surface area contributed by atoms with Crippen molar-refractivity contribution in [1.82, 2.24) is 0 Å². The molecule has 2 saturated carbocycles. The molecular formula is C12H18F4O. The first-order valence-corrected chi connectivity index (χ1v) is 6.26. The summed E-state index contributed by atoms with van der Waals surface area (Å²) in [5.41, 5.74) is 0. The van der Waals surface area contributed by atoms with Crippen molar-refractivity contribution in [2.24, 2.45) is 11.8 Å². The molecule has 2 aliphatic carbocycles. The van der Waals surface area contributed by atoms with Gasteiger partial charge in [-0.15, -0.1) is 0 Å². The van der Waals surface area contributed by atoms with Crippen LogP contribution in [0.4, 0.5) is 17.6 Å². The van der Waals surface area contributed by atoms with Crippen LogP contribution in [-0.2, 0) is 0 Å². The van der Waals surface area contributed by atoms with Crippen molar-refractivity contribution in [1.29, 1.82) is 0 Å². The second-order valence-corrected chi connectivity index (χ2v) is 5.25. The van der Waals surface area contributed by atoms with Crippen LogP contribution in [0.2, 0.25) is 0 Å². The normalized spacial score (nSPS) is 52.4. The first kappa shape index (κ1) is 13.1. The number of aliphatic hydroxyl groups is 1. The van der Waals surface area contributed by atoms with E-state index in [0.29, 0.717) is 12.8 Å². The van der Waals surface area contributed by atoms with Crippen LogP contribution in [-0.4, -0.2) is 35.9 Å². The molecule has 0 bridgehead atoms. The first-order chi connectivity index (χ1) is 8.02. The van der Waals surface area contributed by atoms with E-state index in [1.807, 2.05) is 0 Å². The van der Waals surface area contributed by atoms with Gasteiger partial charge in [0.05, 0.1) is 6.10 Å². The van der Waals surface area contributed by atoms with Crippen LogP contribution >= 0.6 is 0 Å². The molecule has 5 heteroatoms. The molecule has 2 aliphatic rings. The van der Waals surface area contributed by atoms with E-state index in [1.165, 1.54) is 0 Å². The highest BCUT2D eigenvalue weighted by molar-refractivity contribution is 4.95. The molecule has 0 aromatic carbocycles. The van der Waals surface area contributed by atoms with Gasteiger partial charge in [-0.2, -0.15) is 0 Å². The number of rotatable bonds is 1. The third-order valence-electron chi connectivity index (χ3n) is 4.20. The molecule has 0 radical (unpaired) electrons. The summed E-state index contributed by atoms with van der Waals surface area (Å²) in [6, 6.07) is 0. The van der Waals surface area contributed by atoms with Gasteiger partial charge in [-0.05, 0) is 37.5 Å². The second-order valence-electron chi connectivity index (χ2n) is 5.25. The Hall–Kier alpha value is -0.320. The van der Waals surface area contributed by atoms with E-state index < -0.39 is 42.6 Å². The Morgan fingerprint density at radius 3 is 2.06 bits per heavy atom. The Balaban J connectivity index is 2.06. The Kier molecular flexibility index (Phi) is 3.95. The molecule has 100 valence electrons. The van der Waals surface area contributed by atoms with Gasteiger partial charge >= 0.3 is 0 Å². The van der Waals surface area contributed by atoms with Crippen molar-refractivity contribution < 1.29 is 22.7 Å². The maximum Gasteiger partial charge on any atom is 0.157 e. The zero-order chi connectivity index (χ0) is 12.6. The van der Waals surface area contributed by atoms with Crippen molar-refractivity contribution in [2.45, 2.75) is 62.9 Å². The lowest BCUT2D eigenvalue weighted by molar-refractivity contribution is -0.0743. The summed E-state index contributed by atoms with van der Waals surface area (Å²) >= 11 is 0. The summed E-state index contributed by atoms with van der Waals surface area (Å²) in [5.74, 6) is -1.53. The summed E-state index contributed by atoms with van der Waals surface area (Å²) in [5, 5.41) is 9.20. The topological polar surface area (TPSA) is 20.2 Å². The molecule has 0 saturated heterocycles. The third-order valence-corrected chi connectivity index (χ3v) is 4.20. The molecule has 2 fully saturated rings. The van der Waals surface area contributed by atoms with Crippen molar-refractivity contribution in [3.05, 3.63) is 0 Å². The maximum atomic E-state index is 13.8. The minimum atomic E-state index is -1.96. The predicted molar refractivity (Wildman–Crippen MR) is 55.7 cm³/mol. The number of halogens is 4. The number of hydrogen-bond acceptors (Lipinski definition) is 1. The zero-order valence-corrected chi connectivity index (χ0v) is 9.54. The lowest BCUT2D eigenvalue weighted by Crippen LogP contribution is -2.48. The van der Waals surface area contributed by atoms with E-state index in [0.717, 1.165) is 0 Å². The van der Waals surface area contributed by atoms with Gasteiger partial charge in [-0.1, -0.05) is 6.42 Å². The molecule has 1 N–H and O–H groups in total. The number of aliphatic hydroxyl groups excluding tert-OH is 1. The average molecular weight is 254 g/mol. The Morgan fingerprint density at radius 1 is 0.706 bits per heavy atom. The highest BCUT2D eigenvalue weighted by Gasteiger charge is 2.47. The van der Waals surface area contributed by atoms with Crippen molar-refractivity contribution in [3.8, 4) is 0 Å². The third kappa shape index (κ3) is 2.44. The summed E-state index contributed by atoms with van der Waals surface area (Å²) in [6.45, 7) is 0. The van der Waals surface area contributed by atoms with E-state index in [1.54, 1.807) is 0 Å². The summed E-state index contributed by atoms with van der Waals surface area (Å²) in [6.07, 6.45) is -6.89. The van der Waals surface area contributed by atoms with E-state index in [4.69, 9.17) is 0 Å². The molecule has 0 aromatic heterocycles. The van der Waals surface area contributed by atoms with Gasteiger partial charge in [0.15, 0.2) is 6.17 Å². The van der Waals surface area contributed by atoms with Gasteiger partial charge in [0.1, 0.15) is 18.5 Å². The van der Waals surface area contributed by atoms with Crippen molar-refractivity contribution in [3.63, 3.8) is 0 Å². The Bertz CT molecular complexity index is 263. The predicted octanol–water partition coefficient (Wildman–Crippen LogP) is 2.91. The van der Waals surface area contributed by atoms with Gasteiger partial charge in [-0.3, -0.25) is 0 Å². The fraction of sp³-hybridized carbons (Fsp3) is 1.00. The number of hydrogen-bond donors (Lipinski definition) is 1. The lowest BCUT2D eigenvalue weighted by atomic mass is 9.70. The fourth-order valence-electron chi connectivity index (χ4n) is 3.17. The van der Waals surface area contributed by atoms with E-state index >= 15 is 0 Å². The molecule has 1 nitrogen and oxygen atoms in total. The second kappa shape index (κ2) is 5.12. The molecule has 0 heterocycles. The minimum absolute atomic E-state index is 0.131. The smallest absolute Gasteiger partial charge is 0.157 e. The molecule has 0 amide bonds. The largest absolute Gasteiger partial charge is 0.390 e. The van der Waals surface area contributed by atoms with Crippen LogP contribution < -0.4 is 0 Å². The first-order valence-electron chi connectivity index (χ1n) is 6.26. The highest BCUT2D eigenvalue weighted by atomic mass is 19.2. The van der Waals surface area contributed by atoms with Gasteiger partial charge in [0, 0.05) is 0 Å². The van der Waals surface area contributed by atoms with Crippen LogP contribution in [0.25, 0.3) is 0 Å². The average Bonchev–Trinajstić information content (AvgIpc) is 2.31. The fourth-order valence-corrected chi connectivity index (χ4v) is 3.17. The van der Waals surface area contributed by atoms with Gasteiger partial charge in [-0.25, -0.2) is 17.6 Å². The lowest BCUT2D eigenvalue weighted by Gasteiger charge is -2.40. The quantitative estimate of drug-likeness (QED) is 0.713. The van der Waals surface area contributed by atoms with E-state index in [9.17, 15) is 22.7 Å². The van der Waals surface area contributed by atoms with Gasteiger partial charge < -0.3 is 5.11 Å². The molecular weight excluding hydrogens is 236 g/mol. The summed E-state index contributed by atoms with van der Waals surface area (Å²) in [4.78, 5) is 0. The molecule has 7 atom stereocenters. The minimum Gasteiger partial charge on any atom is -0.390 e. The number of alkyl halides is 4. The van der Waals surface area contributed by atoms with Gasteiger partial charge in [0.25, 0.3) is 0 Å². The molecule has 0 aliphatic heterocycles. The standard InChI is InChI=1S/C12H18F4O/c13-8-3-1-2-6(10(8)14)7-4-5-9(17)12(16)11(7)15/h6-12,17H,1-5H2. The monoisotopic (exact) mass is 254 g/mol. The molecule has 17 heavy (non-hydrogen) atoms. The van der Waals surface area contributed by atoms with Crippen LogP contribution in [0.15, 0.2) is 0 Å². The molecule has 7 unspecified atom stereocenters.